The topological polar surface area (TPSA) is 54.5 Å². The van der Waals surface area contributed by atoms with Crippen LogP contribution in [0, 0.1) is 0 Å². The number of benzene rings is 2. The molecule has 0 saturated carbocycles. The molecule has 0 bridgehead atoms. The zero-order valence-corrected chi connectivity index (χ0v) is 13.7. The van der Waals surface area contributed by atoms with E-state index in [2.05, 4.69) is 10.3 Å². The van der Waals surface area contributed by atoms with E-state index in [0.717, 1.165) is 16.9 Å². The number of pyridine rings is 1. The van der Waals surface area contributed by atoms with Crippen molar-refractivity contribution in [1.29, 1.82) is 0 Å². The smallest absolute Gasteiger partial charge is 0.262 e. The van der Waals surface area contributed by atoms with E-state index in [1.54, 1.807) is 24.4 Å². The van der Waals surface area contributed by atoms with Gasteiger partial charge in [0.15, 0.2) is 0 Å². The van der Waals surface area contributed by atoms with E-state index in [4.69, 9.17) is 4.74 Å². The molecule has 1 aromatic heterocycles. The first-order valence-corrected chi connectivity index (χ1v) is 8.01. The first-order chi connectivity index (χ1) is 12.3. The second-order valence-corrected chi connectivity index (χ2v) is 5.72. The Balaban J connectivity index is 1.90. The van der Waals surface area contributed by atoms with Gasteiger partial charge < -0.3 is 10.1 Å². The number of hydrogen-bond donors (Lipinski definition) is 1. The Hall–Kier alpha value is -3.34. The van der Waals surface area contributed by atoms with Gasteiger partial charge in [-0.25, -0.2) is 0 Å². The summed E-state index contributed by atoms with van der Waals surface area (Å²) in [7, 11) is 1.61. The summed E-state index contributed by atoms with van der Waals surface area (Å²) in [5.74, 6) is 0.580. The predicted octanol–water partition coefficient (Wildman–Crippen LogP) is 3.86. The maximum atomic E-state index is 13.3. The SMILES string of the molecule is COc1ccccc1N1C(=O)c2ccccc2N[C@@H]1c1ccncc1. The third kappa shape index (κ3) is 2.59. The summed E-state index contributed by atoms with van der Waals surface area (Å²) >= 11 is 0. The van der Waals surface area contributed by atoms with E-state index in [1.165, 1.54) is 0 Å². The predicted molar refractivity (Wildman–Crippen MR) is 96.8 cm³/mol. The van der Waals surface area contributed by atoms with Gasteiger partial charge in [-0.3, -0.25) is 14.7 Å². The second kappa shape index (κ2) is 6.28. The van der Waals surface area contributed by atoms with Crippen molar-refractivity contribution in [2.24, 2.45) is 0 Å². The first-order valence-electron chi connectivity index (χ1n) is 8.01. The van der Waals surface area contributed by atoms with Gasteiger partial charge in [0.2, 0.25) is 0 Å². The first kappa shape index (κ1) is 15.2. The van der Waals surface area contributed by atoms with E-state index < -0.39 is 0 Å². The summed E-state index contributed by atoms with van der Waals surface area (Å²) < 4.78 is 5.49. The summed E-state index contributed by atoms with van der Waals surface area (Å²) in [4.78, 5) is 19.1. The van der Waals surface area contributed by atoms with Gasteiger partial charge >= 0.3 is 0 Å². The van der Waals surface area contributed by atoms with Crippen LogP contribution in [0.2, 0.25) is 0 Å². The van der Waals surface area contributed by atoms with Gasteiger partial charge in [-0.1, -0.05) is 24.3 Å². The van der Waals surface area contributed by atoms with Crippen molar-refractivity contribution < 1.29 is 9.53 Å². The fourth-order valence-electron chi connectivity index (χ4n) is 3.11. The maximum absolute atomic E-state index is 13.3. The molecule has 0 fully saturated rings. The van der Waals surface area contributed by atoms with Crippen molar-refractivity contribution >= 4 is 17.3 Å². The standard InChI is InChI=1S/C20H17N3O2/c1-25-18-9-5-4-8-17(18)23-19(14-10-12-21-13-11-14)22-16-7-3-2-6-15(16)20(23)24/h2-13,19,22H,1H3/t19-/m0/s1. The summed E-state index contributed by atoms with van der Waals surface area (Å²) in [5.41, 5.74) is 3.13. The molecule has 3 aromatic rings. The number of ether oxygens (including phenoxy) is 1. The Morgan fingerprint density at radius 2 is 1.72 bits per heavy atom. The highest BCUT2D eigenvalue weighted by Gasteiger charge is 2.35. The Morgan fingerprint density at radius 1 is 1.00 bits per heavy atom. The Bertz CT molecular complexity index is 912. The molecule has 2 heterocycles. The van der Waals surface area contributed by atoms with Crippen molar-refractivity contribution in [3.05, 3.63) is 84.2 Å². The number of methoxy groups -OCH3 is 1. The third-order valence-corrected chi connectivity index (χ3v) is 4.29. The molecule has 5 nitrogen and oxygen atoms in total. The molecule has 0 saturated heterocycles. The molecule has 1 aliphatic rings. The maximum Gasteiger partial charge on any atom is 0.262 e. The number of nitrogens with zero attached hydrogens (tertiary/aromatic N) is 2. The van der Waals surface area contributed by atoms with Crippen molar-refractivity contribution in [2.75, 3.05) is 17.3 Å². The molecular formula is C20H17N3O2. The fraction of sp³-hybridized carbons (Fsp3) is 0.100. The monoisotopic (exact) mass is 331 g/mol. The largest absolute Gasteiger partial charge is 0.495 e. The lowest BCUT2D eigenvalue weighted by Crippen LogP contribution is -2.43. The van der Waals surface area contributed by atoms with Gasteiger partial charge in [0.1, 0.15) is 11.9 Å². The summed E-state index contributed by atoms with van der Waals surface area (Å²) in [6.07, 6.45) is 3.10. The van der Waals surface area contributed by atoms with E-state index in [9.17, 15) is 4.79 Å². The number of para-hydroxylation sites is 3. The van der Waals surface area contributed by atoms with E-state index >= 15 is 0 Å². The van der Waals surface area contributed by atoms with Gasteiger partial charge in [-0.2, -0.15) is 0 Å². The van der Waals surface area contributed by atoms with Crippen LogP contribution in [0.4, 0.5) is 11.4 Å². The number of anilines is 2. The Morgan fingerprint density at radius 3 is 2.52 bits per heavy atom. The van der Waals surface area contributed by atoms with Crippen molar-refractivity contribution in [2.45, 2.75) is 6.17 Å². The lowest BCUT2D eigenvalue weighted by Gasteiger charge is -2.38. The number of nitrogens with one attached hydrogen (secondary N) is 1. The molecule has 1 N–H and O–H groups in total. The highest BCUT2D eigenvalue weighted by atomic mass is 16.5. The van der Waals surface area contributed by atoms with Gasteiger partial charge in [0.05, 0.1) is 18.4 Å². The number of aromatic nitrogens is 1. The van der Waals surface area contributed by atoms with Crippen LogP contribution in [0.5, 0.6) is 5.75 Å². The van der Waals surface area contributed by atoms with E-state index in [-0.39, 0.29) is 12.1 Å². The molecule has 0 radical (unpaired) electrons. The zero-order valence-electron chi connectivity index (χ0n) is 13.7. The molecule has 5 heteroatoms. The summed E-state index contributed by atoms with van der Waals surface area (Å²) in [6.45, 7) is 0. The van der Waals surface area contributed by atoms with Gasteiger partial charge in [0, 0.05) is 18.1 Å². The molecular weight excluding hydrogens is 314 g/mol. The molecule has 1 atom stereocenters. The van der Waals surface area contributed by atoms with Crippen molar-refractivity contribution in [3.63, 3.8) is 0 Å². The minimum Gasteiger partial charge on any atom is -0.495 e. The van der Waals surface area contributed by atoms with E-state index in [1.807, 2.05) is 60.7 Å². The lowest BCUT2D eigenvalue weighted by atomic mass is 10.0. The molecule has 1 aliphatic heterocycles. The minimum atomic E-state index is -0.346. The summed E-state index contributed by atoms with van der Waals surface area (Å²) in [6, 6.07) is 18.9. The molecule has 0 spiro atoms. The van der Waals surface area contributed by atoms with Gasteiger partial charge in [-0.15, -0.1) is 0 Å². The van der Waals surface area contributed by atoms with Crippen molar-refractivity contribution in [3.8, 4) is 5.75 Å². The number of amides is 1. The number of carbonyl (C=O) groups is 1. The quantitative estimate of drug-likeness (QED) is 0.792. The van der Waals surface area contributed by atoms with E-state index in [0.29, 0.717) is 11.3 Å². The average molecular weight is 331 g/mol. The van der Waals surface area contributed by atoms with Gasteiger partial charge in [-0.05, 0) is 42.0 Å². The summed E-state index contributed by atoms with van der Waals surface area (Å²) in [5, 5.41) is 3.47. The lowest BCUT2D eigenvalue weighted by molar-refractivity contribution is 0.0974. The molecule has 2 aromatic carbocycles. The number of carbonyl (C=O) groups excluding carboxylic acids is 1. The van der Waals surface area contributed by atoms with Crippen LogP contribution in [-0.2, 0) is 0 Å². The van der Waals surface area contributed by atoms with Crippen LogP contribution in [0.15, 0.2) is 73.1 Å². The van der Waals surface area contributed by atoms with Crippen LogP contribution >= 0.6 is 0 Å². The molecule has 1 amide bonds. The molecule has 0 unspecified atom stereocenters. The number of hydrogen-bond acceptors (Lipinski definition) is 4. The third-order valence-electron chi connectivity index (χ3n) is 4.29. The van der Waals surface area contributed by atoms with Crippen LogP contribution in [-0.4, -0.2) is 18.0 Å². The minimum absolute atomic E-state index is 0.0688. The molecule has 0 aliphatic carbocycles. The van der Waals surface area contributed by atoms with Gasteiger partial charge in [0.25, 0.3) is 5.91 Å². The Labute approximate surface area is 145 Å². The highest BCUT2D eigenvalue weighted by Crippen LogP contribution is 2.40. The fourth-order valence-corrected chi connectivity index (χ4v) is 3.11. The second-order valence-electron chi connectivity index (χ2n) is 5.72. The van der Waals surface area contributed by atoms with Crippen LogP contribution < -0.4 is 15.0 Å². The number of fused-ring (bicyclic) bond motifs is 1. The zero-order chi connectivity index (χ0) is 17.2. The molecule has 124 valence electrons. The van der Waals surface area contributed by atoms with Crippen LogP contribution in [0.1, 0.15) is 22.1 Å². The normalized spacial score (nSPS) is 16.1. The van der Waals surface area contributed by atoms with Crippen LogP contribution in [0.3, 0.4) is 0 Å². The Kier molecular flexibility index (Phi) is 3.82. The van der Waals surface area contributed by atoms with Crippen LogP contribution in [0.25, 0.3) is 0 Å². The average Bonchev–Trinajstić information content (AvgIpc) is 2.68. The molecule has 4 rings (SSSR count). The van der Waals surface area contributed by atoms with Crippen molar-refractivity contribution in [1.82, 2.24) is 4.98 Å². The number of rotatable bonds is 3. The highest BCUT2D eigenvalue weighted by molar-refractivity contribution is 6.12. The molecule has 25 heavy (non-hydrogen) atoms.